The summed E-state index contributed by atoms with van der Waals surface area (Å²) in [6.07, 6.45) is 0. The maximum absolute atomic E-state index is 11.5. The first-order valence-corrected chi connectivity index (χ1v) is 6.31. The van der Waals surface area contributed by atoms with Crippen LogP contribution in [0.1, 0.15) is 16.2 Å². The lowest BCUT2D eigenvalue weighted by molar-refractivity contribution is 0.0593. The number of carbonyl (C=O) groups excluding carboxylic acids is 1. The Morgan fingerprint density at radius 2 is 2.22 bits per heavy atom. The zero-order valence-electron chi connectivity index (χ0n) is 9.78. The molecule has 0 bridgehead atoms. The summed E-state index contributed by atoms with van der Waals surface area (Å²) in [5, 5.41) is 4.49. The highest BCUT2D eigenvalue weighted by molar-refractivity contribution is 9.10. The van der Waals surface area contributed by atoms with Crippen LogP contribution in [0.25, 0.3) is 5.69 Å². The summed E-state index contributed by atoms with van der Waals surface area (Å²) in [5.74, 6) is -0.545. The monoisotopic (exact) mass is 328 g/mol. The lowest BCUT2D eigenvalue weighted by atomic mass is 10.3. The molecular weight excluding hydrogens is 320 g/mol. The molecule has 0 saturated heterocycles. The number of halogens is 2. The molecule has 94 valence electrons. The van der Waals surface area contributed by atoms with E-state index in [1.807, 2.05) is 24.3 Å². The minimum Gasteiger partial charge on any atom is -0.464 e. The first-order chi connectivity index (χ1) is 8.54. The van der Waals surface area contributed by atoms with Gasteiger partial charge in [-0.3, -0.25) is 0 Å². The molecule has 0 N–H and O–H groups in total. The summed E-state index contributed by atoms with van der Waals surface area (Å²) >= 11 is 9.47. The Kier molecular flexibility index (Phi) is 3.73. The zero-order valence-corrected chi connectivity index (χ0v) is 12.1. The minimum atomic E-state index is -0.545. The number of carbonyl (C=O) groups is 1. The SMILES string of the molecule is COC(=O)c1nn(-c2cccc(Br)c2)c(C)c1Cl. The molecule has 18 heavy (non-hydrogen) atoms. The average molecular weight is 330 g/mol. The van der Waals surface area contributed by atoms with Gasteiger partial charge in [0.15, 0.2) is 5.69 Å². The molecule has 0 aliphatic rings. The molecule has 0 atom stereocenters. The van der Waals surface area contributed by atoms with Crippen molar-refractivity contribution in [1.82, 2.24) is 9.78 Å². The first kappa shape index (κ1) is 13.1. The molecule has 0 aliphatic carbocycles. The van der Waals surface area contributed by atoms with E-state index in [0.29, 0.717) is 10.7 Å². The van der Waals surface area contributed by atoms with Crippen molar-refractivity contribution < 1.29 is 9.53 Å². The first-order valence-electron chi connectivity index (χ1n) is 5.14. The highest BCUT2D eigenvalue weighted by atomic mass is 79.9. The van der Waals surface area contributed by atoms with Crippen LogP contribution >= 0.6 is 27.5 Å². The second kappa shape index (κ2) is 5.12. The van der Waals surface area contributed by atoms with Crippen molar-refractivity contribution in [2.75, 3.05) is 7.11 Å². The van der Waals surface area contributed by atoms with Gasteiger partial charge >= 0.3 is 5.97 Å². The third kappa shape index (κ3) is 2.28. The molecule has 0 radical (unpaired) electrons. The summed E-state index contributed by atoms with van der Waals surface area (Å²) in [7, 11) is 1.30. The molecule has 2 aromatic rings. The number of benzene rings is 1. The van der Waals surface area contributed by atoms with E-state index >= 15 is 0 Å². The largest absolute Gasteiger partial charge is 0.464 e. The molecule has 6 heteroatoms. The fraction of sp³-hybridized carbons (Fsp3) is 0.167. The smallest absolute Gasteiger partial charge is 0.360 e. The number of ether oxygens (including phenoxy) is 1. The van der Waals surface area contributed by atoms with Crippen LogP contribution in [0.2, 0.25) is 5.02 Å². The maximum atomic E-state index is 11.5. The number of hydrogen-bond donors (Lipinski definition) is 0. The van der Waals surface area contributed by atoms with E-state index in [4.69, 9.17) is 11.6 Å². The Bertz CT molecular complexity index is 610. The number of esters is 1. The third-order valence-corrected chi connectivity index (χ3v) is 3.42. The van der Waals surface area contributed by atoms with Crippen molar-refractivity contribution in [2.24, 2.45) is 0 Å². The van der Waals surface area contributed by atoms with Crippen molar-refractivity contribution in [1.29, 1.82) is 0 Å². The summed E-state index contributed by atoms with van der Waals surface area (Å²) in [6, 6.07) is 7.55. The van der Waals surface area contributed by atoms with Gasteiger partial charge in [0.05, 0.1) is 23.5 Å². The quantitative estimate of drug-likeness (QED) is 0.793. The van der Waals surface area contributed by atoms with E-state index in [-0.39, 0.29) is 5.69 Å². The fourth-order valence-corrected chi connectivity index (χ4v) is 2.15. The van der Waals surface area contributed by atoms with Gasteiger partial charge in [0, 0.05) is 4.47 Å². The number of rotatable bonds is 2. The second-order valence-electron chi connectivity index (χ2n) is 3.63. The highest BCUT2D eigenvalue weighted by Crippen LogP contribution is 2.24. The fourth-order valence-electron chi connectivity index (χ4n) is 1.57. The number of methoxy groups -OCH3 is 1. The molecule has 0 saturated carbocycles. The van der Waals surface area contributed by atoms with Gasteiger partial charge in [-0.1, -0.05) is 33.6 Å². The molecule has 2 rings (SSSR count). The van der Waals surface area contributed by atoms with Crippen LogP contribution in [0.3, 0.4) is 0 Å². The van der Waals surface area contributed by atoms with Crippen LogP contribution in [-0.2, 0) is 4.74 Å². The summed E-state index contributed by atoms with van der Waals surface area (Å²) in [4.78, 5) is 11.5. The van der Waals surface area contributed by atoms with Gasteiger partial charge in [-0.05, 0) is 25.1 Å². The van der Waals surface area contributed by atoms with E-state index in [1.165, 1.54) is 7.11 Å². The second-order valence-corrected chi connectivity index (χ2v) is 4.92. The van der Waals surface area contributed by atoms with Crippen LogP contribution in [0.15, 0.2) is 28.7 Å². The zero-order chi connectivity index (χ0) is 13.3. The van der Waals surface area contributed by atoms with Crippen LogP contribution in [0.5, 0.6) is 0 Å². The number of aromatic nitrogens is 2. The Morgan fingerprint density at radius 3 is 2.83 bits per heavy atom. The van der Waals surface area contributed by atoms with E-state index in [1.54, 1.807) is 11.6 Å². The van der Waals surface area contributed by atoms with Crippen LogP contribution in [0, 0.1) is 6.92 Å². The van der Waals surface area contributed by atoms with E-state index in [2.05, 4.69) is 25.8 Å². The summed E-state index contributed by atoms with van der Waals surface area (Å²) in [6.45, 7) is 1.79. The van der Waals surface area contributed by atoms with Crippen molar-refractivity contribution in [3.05, 3.63) is 45.1 Å². The van der Waals surface area contributed by atoms with E-state index in [9.17, 15) is 4.79 Å². The Balaban J connectivity index is 2.56. The lowest BCUT2D eigenvalue weighted by Gasteiger charge is -2.04. The van der Waals surface area contributed by atoms with E-state index < -0.39 is 5.97 Å². The summed E-state index contributed by atoms with van der Waals surface area (Å²) < 4.78 is 7.17. The average Bonchev–Trinajstić information content (AvgIpc) is 2.66. The van der Waals surface area contributed by atoms with Crippen molar-refractivity contribution >= 4 is 33.5 Å². The molecule has 1 aromatic heterocycles. The molecule has 0 spiro atoms. The predicted molar refractivity (Wildman–Crippen MR) is 72.4 cm³/mol. The molecule has 0 unspecified atom stereocenters. The number of nitrogens with zero attached hydrogens (tertiary/aromatic N) is 2. The molecular formula is C12H10BrClN2O2. The minimum absolute atomic E-state index is 0.122. The van der Waals surface area contributed by atoms with Gasteiger partial charge in [-0.2, -0.15) is 5.10 Å². The molecule has 1 aromatic carbocycles. The molecule has 0 aliphatic heterocycles. The van der Waals surface area contributed by atoms with Crippen molar-refractivity contribution in [2.45, 2.75) is 6.92 Å². The highest BCUT2D eigenvalue weighted by Gasteiger charge is 2.20. The maximum Gasteiger partial charge on any atom is 0.360 e. The number of hydrogen-bond acceptors (Lipinski definition) is 3. The van der Waals surface area contributed by atoms with Gasteiger partial charge in [0.2, 0.25) is 0 Å². The van der Waals surface area contributed by atoms with Crippen LogP contribution < -0.4 is 0 Å². The molecule has 1 heterocycles. The normalized spacial score (nSPS) is 10.4. The van der Waals surface area contributed by atoms with Crippen molar-refractivity contribution in [3.63, 3.8) is 0 Å². The Morgan fingerprint density at radius 1 is 1.50 bits per heavy atom. The standard InChI is InChI=1S/C12H10BrClN2O2/c1-7-10(14)11(12(17)18-2)15-16(7)9-5-3-4-8(13)6-9/h3-6H,1-2H3. The lowest BCUT2D eigenvalue weighted by Crippen LogP contribution is -2.04. The molecule has 4 nitrogen and oxygen atoms in total. The van der Waals surface area contributed by atoms with Crippen LogP contribution in [-0.4, -0.2) is 22.9 Å². The Hall–Kier alpha value is -1.33. The van der Waals surface area contributed by atoms with Gasteiger partial charge < -0.3 is 4.74 Å². The van der Waals surface area contributed by atoms with Crippen LogP contribution in [0.4, 0.5) is 0 Å². The van der Waals surface area contributed by atoms with Gasteiger partial charge in [0.25, 0.3) is 0 Å². The predicted octanol–water partition coefficient (Wildman–Crippen LogP) is 3.38. The Labute approximate surface area is 118 Å². The third-order valence-electron chi connectivity index (χ3n) is 2.47. The topological polar surface area (TPSA) is 44.1 Å². The van der Waals surface area contributed by atoms with E-state index in [0.717, 1.165) is 10.2 Å². The molecule has 0 amide bonds. The van der Waals surface area contributed by atoms with Gasteiger partial charge in [-0.15, -0.1) is 0 Å². The van der Waals surface area contributed by atoms with Crippen molar-refractivity contribution in [3.8, 4) is 5.69 Å². The summed E-state index contributed by atoms with van der Waals surface area (Å²) in [5.41, 5.74) is 1.63. The van der Waals surface area contributed by atoms with Gasteiger partial charge in [0.1, 0.15) is 0 Å². The molecule has 0 fully saturated rings. The van der Waals surface area contributed by atoms with Gasteiger partial charge in [-0.25, -0.2) is 9.48 Å².